The zero-order chi connectivity index (χ0) is 25.8. The Morgan fingerprint density at radius 1 is 1.00 bits per heavy atom. The van der Waals surface area contributed by atoms with E-state index in [4.69, 9.17) is 4.74 Å². The number of hydrogen-bond acceptors (Lipinski definition) is 4. The third-order valence-corrected chi connectivity index (χ3v) is 5.41. The van der Waals surface area contributed by atoms with Gasteiger partial charge in [0.2, 0.25) is 11.8 Å². The zero-order valence-electron chi connectivity index (χ0n) is 22.3. The summed E-state index contributed by atoms with van der Waals surface area (Å²) in [7, 11) is 0. The first-order valence-electron chi connectivity index (χ1n) is 12.4. The summed E-state index contributed by atoms with van der Waals surface area (Å²) in [5.41, 5.74) is 2.18. The van der Waals surface area contributed by atoms with Crippen LogP contribution in [0.1, 0.15) is 90.5 Å². The number of ether oxygens (including phenoxy) is 1. The number of carbonyl (C=O) groups excluding carboxylic acids is 3. The van der Waals surface area contributed by atoms with Gasteiger partial charge in [-0.1, -0.05) is 43.2 Å². The molecule has 34 heavy (non-hydrogen) atoms. The smallest absolute Gasteiger partial charge is 0.408 e. The van der Waals surface area contributed by atoms with Crippen LogP contribution in [0.5, 0.6) is 0 Å². The maximum Gasteiger partial charge on any atom is 0.408 e. The van der Waals surface area contributed by atoms with Crippen LogP contribution in [0.3, 0.4) is 0 Å². The van der Waals surface area contributed by atoms with Crippen LogP contribution >= 0.6 is 0 Å². The SMILES string of the molecule is Cc1cc(C)cc(C(C(=O)NC(C)C)N(C(=O)C(CC(C)C)NC(=O)OC(C)(C)C)C2CC2)c1. The lowest BCUT2D eigenvalue weighted by molar-refractivity contribution is -0.143. The van der Waals surface area contributed by atoms with Gasteiger partial charge >= 0.3 is 6.09 Å². The molecule has 2 rings (SSSR count). The number of benzene rings is 1. The molecule has 3 amide bonds. The fourth-order valence-corrected chi connectivity index (χ4v) is 4.16. The van der Waals surface area contributed by atoms with Gasteiger partial charge in [-0.3, -0.25) is 9.59 Å². The third-order valence-electron chi connectivity index (χ3n) is 5.41. The molecular weight excluding hydrogens is 430 g/mol. The molecule has 0 saturated heterocycles. The minimum absolute atomic E-state index is 0.0358. The highest BCUT2D eigenvalue weighted by Gasteiger charge is 2.44. The summed E-state index contributed by atoms with van der Waals surface area (Å²) in [5, 5.41) is 5.80. The van der Waals surface area contributed by atoms with Crippen LogP contribution in [-0.4, -0.2) is 46.5 Å². The van der Waals surface area contributed by atoms with E-state index in [1.54, 1.807) is 25.7 Å². The first kappa shape index (κ1) is 27.7. The number of hydrogen-bond donors (Lipinski definition) is 2. The Morgan fingerprint density at radius 2 is 1.56 bits per heavy atom. The van der Waals surface area contributed by atoms with E-state index < -0.39 is 23.8 Å². The molecule has 0 heterocycles. The van der Waals surface area contributed by atoms with Crippen molar-refractivity contribution in [2.75, 3.05) is 0 Å². The Morgan fingerprint density at radius 3 is 2.00 bits per heavy atom. The van der Waals surface area contributed by atoms with Crippen LogP contribution in [0.4, 0.5) is 4.79 Å². The Hall–Kier alpha value is -2.57. The molecule has 1 aliphatic carbocycles. The molecule has 0 aliphatic heterocycles. The number of aryl methyl sites for hydroxylation is 2. The molecule has 2 unspecified atom stereocenters. The van der Waals surface area contributed by atoms with E-state index in [-0.39, 0.29) is 29.8 Å². The van der Waals surface area contributed by atoms with Crippen molar-refractivity contribution in [1.29, 1.82) is 0 Å². The maximum atomic E-state index is 14.0. The van der Waals surface area contributed by atoms with Crippen molar-refractivity contribution in [3.8, 4) is 0 Å². The van der Waals surface area contributed by atoms with Gasteiger partial charge in [0.1, 0.15) is 17.7 Å². The molecule has 1 aliphatic rings. The minimum Gasteiger partial charge on any atom is -0.444 e. The lowest BCUT2D eigenvalue weighted by Crippen LogP contribution is -2.54. The largest absolute Gasteiger partial charge is 0.444 e. The van der Waals surface area contributed by atoms with E-state index in [0.717, 1.165) is 29.5 Å². The van der Waals surface area contributed by atoms with E-state index in [1.807, 2.05) is 53.7 Å². The summed E-state index contributed by atoms with van der Waals surface area (Å²) in [5.74, 6) is -0.292. The van der Waals surface area contributed by atoms with Crippen LogP contribution in [0, 0.1) is 19.8 Å². The molecule has 7 heteroatoms. The molecule has 1 aromatic carbocycles. The van der Waals surface area contributed by atoms with Gasteiger partial charge in [-0.05, 0) is 79.2 Å². The van der Waals surface area contributed by atoms with Gasteiger partial charge in [-0.2, -0.15) is 0 Å². The second kappa shape index (κ2) is 11.2. The van der Waals surface area contributed by atoms with E-state index in [9.17, 15) is 14.4 Å². The lowest BCUT2D eigenvalue weighted by atomic mass is 9.96. The van der Waals surface area contributed by atoms with E-state index in [2.05, 4.69) is 16.7 Å². The maximum absolute atomic E-state index is 14.0. The molecule has 1 fully saturated rings. The normalized spacial score (nSPS) is 15.6. The van der Waals surface area contributed by atoms with Crippen molar-refractivity contribution in [2.24, 2.45) is 5.92 Å². The summed E-state index contributed by atoms with van der Waals surface area (Å²) >= 11 is 0. The summed E-state index contributed by atoms with van der Waals surface area (Å²) in [4.78, 5) is 41.8. The number of nitrogens with zero attached hydrogens (tertiary/aromatic N) is 1. The number of rotatable bonds is 9. The molecular formula is C27H43N3O4. The summed E-state index contributed by atoms with van der Waals surface area (Å²) < 4.78 is 5.43. The lowest BCUT2D eigenvalue weighted by Gasteiger charge is -2.35. The topological polar surface area (TPSA) is 87.7 Å². The van der Waals surface area contributed by atoms with Crippen molar-refractivity contribution in [1.82, 2.24) is 15.5 Å². The van der Waals surface area contributed by atoms with E-state index in [1.165, 1.54) is 0 Å². The summed E-state index contributed by atoms with van der Waals surface area (Å²) in [6.45, 7) is 17.2. The van der Waals surface area contributed by atoms with E-state index >= 15 is 0 Å². The molecule has 2 N–H and O–H groups in total. The molecule has 7 nitrogen and oxygen atoms in total. The standard InChI is InChI=1S/C27H43N3O4/c1-16(2)12-22(29-26(33)34-27(7,8)9)25(32)30(21-10-11-21)23(24(31)28-17(3)4)20-14-18(5)13-19(6)15-20/h13-17,21-23H,10-12H2,1-9H3,(H,28,31)(H,29,33). The van der Waals surface area contributed by atoms with Gasteiger partial charge in [-0.25, -0.2) is 4.79 Å². The Bertz CT molecular complexity index is 864. The number of nitrogens with one attached hydrogen (secondary N) is 2. The van der Waals surface area contributed by atoms with Gasteiger partial charge in [0.25, 0.3) is 0 Å². The van der Waals surface area contributed by atoms with Crippen LogP contribution in [0.2, 0.25) is 0 Å². The molecule has 0 bridgehead atoms. The van der Waals surface area contributed by atoms with Crippen molar-refractivity contribution in [3.63, 3.8) is 0 Å². The first-order chi connectivity index (χ1) is 15.7. The Balaban J connectivity index is 2.48. The zero-order valence-corrected chi connectivity index (χ0v) is 22.3. The average Bonchev–Trinajstić information content (AvgIpc) is 3.46. The van der Waals surface area contributed by atoms with Gasteiger partial charge in [0.15, 0.2) is 0 Å². The highest BCUT2D eigenvalue weighted by atomic mass is 16.6. The third kappa shape index (κ3) is 8.33. The molecule has 0 spiro atoms. The Labute approximate surface area is 205 Å². The monoisotopic (exact) mass is 473 g/mol. The van der Waals surface area contributed by atoms with Gasteiger partial charge < -0.3 is 20.3 Å². The van der Waals surface area contributed by atoms with Crippen LogP contribution in [0.15, 0.2) is 18.2 Å². The molecule has 2 atom stereocenters. The quantitative estimate of drug-likeness (QED) is 0.539. The second-order valence-electron chi connectivity index (χ2n) is 11.3. The van der Waals surface area contributed by atoms with Crippen molar-refractivity contribution < 1.29 is 19.1 Å². The fraction of sp³-hybridized carbons (Fsp3) is 0.667. The summed E-state index contributed by atoms with van der Waals surface area (Å²) in [6, 6.07) is 4.34. The minimum atomic E-state index is -0.782. The number of carbonyl (C=O) groups is 3. The molecule has 1 saturated carbocycles. The molecule has 190 valence electrons. The highest BCUT2D eigenvalue weighted by Crippen LogP contribution is 2.36. The van der Waals surface area contributed by atoms with Gasteiger partial charge in [-0.15, -0.1) is 0 Å². The van der Waals surface area contributed by atoms with Crippen LogP contribution in [0.25, 0.3) is 0 Å². The van der Waals surface area contributed by atoms with Crippen molar-refractivity contribution >= 4 is 17.9 Å². The predicted octanol–water partition coefficient (Wildman–Crippen LogP) is 4.80. The second-order valence-corrected chi connectivity index (χ2v) is 11.3. The highest BCUT2D eigenvalue weighted by molar-refractivity contribution is 5.92. The molecule has 0 aromatic heterocycles. The molecule has 0 radical (unpaired) electrons. The average molecular weight is 474 g/mol. The Kier molecular flexibility index (Phi) is 9.15. The van der Waals surface area contributed by atoms with Gasteiger partial charge in [0.05, 0.1) is 0 Å². The van der Waals surface area contributed by atoms with E-state index in [0.29, 0.717) is 6.42 Å². The van der Waals surface area contributed by atoms with Crippen molar-refractivity contribution in [2.45, 2.75) is 111 Å². The van der Waals surface area contributed by atoms with Gasteiger partial charge in [0, 0.05) is 12.1 Å². The van der Waals surface area contributed by atoms with Crippen molar-refractivity contribution in [3.05, 3.63) is 34.9 Å². The van der Waals surface area contributed by atoms with Crippen LogP contribution < -0.4 is 10.6 Å². The predicted molar refractivity (Wildman–Crippen MR) is 134 cm³/mol. The summed E-state index contributed by atoms with van der Waals surface area (Å²) in [6.07, 6.45) is 1.50. The number of alkyl carbamates (subject to hydrolysis) is 1. The van der Waals surface area contributed by atoms with Crippen LogP contribution in [-0.2, 0) is 14.3 Å². The first-order valence-corrected chi connectivity index (χ1v) is 12.4. The molecule has 1 aromatic rings. The number of amides is 3. The fourth-order valence-electron chi connectivity index (χ4n) is 4.16.